The van der Waals surface area contributed by atoms with Gasteiger partial charge in [0.05, 0.1) is 11.7 Å². The molecule has 0 saturated heterocycles. The van der Waals surface area contributed by atoms with E-state index in [9.17, 15) is 0 Å². The molecule has 4 nitrogen and oxygen atoms in total. The van der Waals surface area contributed by atoms with Crippen molar-refractivity contribution in [2.75, 3.05) is 0 Å². The molecule has 1 heterocycles. The molecule has 1 aromatic heterocycles. The monoisotopic (exact) mass is 353 g/mol. The van der Waals surface area contributed by atoms with Gasteiger partial charge in [-0.2, -0.15) is 4.98 Å². The molecule has 1 saturated carbocycles. The summed E-state index contributed by atoms with van der Waals surface area (Å²) in [5.74, 6) is 2.39. The Morgan fingerprint density at radius 3 is 2.95 bits per heavy atom. The van der Waals surface area contributed by atoms with E-state index >= 15 is 0 Å². The minimum absolute atomic E-state index is 0.166. The number of rotatable bonds is 4. The van der Waals surface area contributed by atoms with Crippen LogP contribution in [-0.2, 0) is 5.75 Å². The zero-order valence-electron chi connectivity index (χ0n) is 11.0. The first kappa shape index (κ1) is 14.1. The van der Waals surface area contributed by atoms with Gasteiger partial charge < -0.3 is 10.3 Å². The number of halogens is 1. The molecule has 106 valence electrons. The highest BCUT2D eigenvalue weighted by Crippen LogP contribution is 2.33. The maximum absolute atomic E-state index is 6.07. The first-order valence-corrected chi connectivity index (χ1v) is 8.47. The Kier molecular flexibility index (Phi) is 4.43. The SMILES string of the molecule is NC1CCCC1c1nc(CSc2ccccc2Br)no1. The standard InChI is InChI=1S/C14H16BrN3OS/c15-10-5-1-2-7-12(10)20-8-13-17-14(19-18-13)9-4-3-6-11(9)16/h1-2,5,7,9,11H,3-4,6,8,16H2. The van der Waals surface area contributed by atoms with Gasteiger partial charge >= 0.3 is 0 Å². The van der Waals surface area contributed by atoms with Crippen molar-refractivity contribution >= 4 is 27.7 Å². The van der Waals surface area contributed by atoms with Gasteiger partial charge in [-0.15, -0.1) is 11.8 Å². The molecule has 2 aromatic rings. The van der Waals surface area contributed by atoms with Gasteiger partial charge in [-0.25, -0.2) is 0 Å². The minimum Gasteiger partial charge on any atom is -0.339 e. The summed E-state index contributed by atoms with van der Waals surface area (Å²) in [5, 5.41) is 4.06. The zero-order chi connectivity index (χ0) is 13.9. The zero-order valence-corrected chi connectivity index (χ0v) is 13.4. The summed E-state index contributed by atoms with van der Waals surface area (Å²) in [7, 11) is 0. The Hall–Kier alpha value is -0.850. The second kappa shape index (κ2) is 6.28. The summed E-state index contributed by atoms with van der Waals surface area (Å²) >= 11 is 5.23. The van der Waals surface area contributed by atoms with E-state index in [2.05, 4.69) is 32.1 Å². The molecule has 1 aromatic carbocycles. The molecule has 1 aliphatic rings. The van der Waals surface area contributed by atoms with Crippen LogP contribution in [0.5, 0.6) is 0 Å². The van der Waals surface area contributed by atoms with Crippen molar-refractivity contribution in [3.05, 3.63) is 40.5 Å². The first-order chi connectivity index (χ1) is 9.74. The Morgan fingerprint density at radius 2 is 2.20 bits per heavy atom. The van der Waals surface area contributed by atoms with Gasteiger partial charge in [0.1, 0.15) is 0 Å². The average molecular weight is 354 g/mol. The van der Waals surface area contributed by atoms with E-state index in [1.165, 1.54) is 4.90 Å². The molecule has 6 heteroatoms. The Balaban J connectivity index is 1.64. The molecule has 0 amide bonds. The molecule has 1 aliphatic carbocycles. The number of hydrogen-bond donors (Lipinski definition) is 1. The van der Waals surface area contributed by atoms with Crippen LogP contribution in [-0.4, -0.2) is 16.2 Å². The van der Waals surface area contributed by atoms with E-state index in [1.807, 2.05) is 18.2 Å². The van der Waals surface area contributed by atoms with Gasteiger partial charge in [0, 0.05) is 15.4 Å². The molecular formula is C14H16BrN3OS. The van der Waals surface area contributed by atoms with Gasteiger partial charge in [-0.1, -0.05) is 23.7 Å². The molecule has 2 atom stereocenters. The number of aromatic nitrogens is 2. The highest BCUT2D eigenvalue weighted by Gasteiger charge is 2.30. The van der Waals surface area contributed by atoms with Crippen LogP contribution in [0.1, 0.15) is 36.9 Å². The first-order valence-electron chi connectivity index (χ1n) is 6.69. The van der Waals surface area contributed by atoms with Crippen molar-refractivity contribution in [2.45, 2.75) is 41.9 Å². The third kappa shape index (κ3) is 3.07. The van der Waals surface area contributed by atoms with E-state index in [1.54, 1.807) is 11.8 Å². The maximum atomic E-state index is 6.07. The summed E-state index contributed by atoms with van der Waals surface area (Å²) in [6.45, 7) is 0. The van der Waals surface area contributed by atoms with Crippen molar-refractivity contribution < 1.29 is 4.52 Å². The van der Waals surface area contributed by atoms with Crippen LogP contribution in [0.3, 0.4) is 0 Å². The van der Waals surface area contributed by atoms with E-state index < -0.39 is 0 Å². The number of nitrogens with zero attached hydrogens (tertiary/aromatic N) is 2. The molecule has 2 N–H and O–H groups in total. The van der Waals surface area contributed by atoms with Crippen molar-refractivity contribution in [1.82, 2.24) is 10.1 Å². The maximum Gasteiger partial charge on any atom is 0.231 e. The van der Waals surface area contributed by atoms with Gasteiger partial charge in [0.15, 0.2) is 5.82 Å². The molecule has 20 heavy (non-hydrogen) atoms. The Labute approximate surface area is 130 Å². The highest BCUT2D eigenvalue weighted by molar-refractivity contribution is 9.10. The molecule has 0 spiro atoms. The molecule has 1 fully saturated rings. The van der Waals surface area contributed by atoms with Crippen LogP contribution < -0.4 is 5.73 Å². The lowest BCUT2D eigenvalue weighted by Gasteiger charge is -2.08. The van der Waals surface area contributed by atoms with E-state index in [-0.39, 0.29) is 12.0 Å². The van der Waals surface area contributed by atoms with Gasteiger partial charge in [-0.05, 0) is 40.9 Å². The molecular weight excluding hydrogens is 338 g/mol. The smallest absolute Gasteiger partial charge is 0.231 e. The van der Waals surface area contributed by atoms with Crippen molar-refractivity contribution in [1.29, 1.82) is 0 Å². The molecule has 3 rings (SSSR count). The summed E-state index contributed by atoms with van der Waals surface area (Å²) < 4.78 is 6.46. The second-order valence-electron chi connectivity index (χ2n) is 4.97. The Morgan fingerprint density at radius 1 is 1.35 bits per heavy atom. The number of nitrogens with two attached hydrogens (primary N) is 1. The van der Waals surface area contributed by atoms with Crippen molar-refractivity contribution in [2.24, 2.45) is 5.73 Å². The lowest BCUT2D eigenvalue weighted by atomic mass is 10.1. The fraction of sp³-hybridized carbons (Fsp3) is 0.429. The quantitative estimate of drug-likeness (QED) is 0.848. The molecule has 0 aliphatic heterocycles. The van der Waals surface area contributed by atoms with Crippen molar-refractivity contribution in [3.8, 4) is 0 Å². The fourth-order valence-corrected chi connectivity index (χ4v) is 3.89. The second-order valence-corrected chi connectivity index (χ2v) is 6.84. The number of hydrogen-bond acceptors (Lipinski definition) is 5. The third-order valence-electron chi connectivity index (χ3n) is 3.56. The van der Waals surface area contributed by atoms with Crippen LogP contribution >= 0.6 is 27.7 Å². The summed E-state index contributed by atoms with van der Waals surface area (Å²) in [6, 6.07) is 8.29. The van der Waals surface area contributed by atoms with E-state index in [0.29, 0.717) is 11.6 Å². The topological polar surface area (TPSA) is 64.9 Å². The summed E-state index contributed by atoms with van der Waals surface area (Å²) in [5.41, 5.74) is 6.07. The molecule has 0 radical (unpaired) electrons. The average Bonchev–Trinajstić information content (AvgIpc) is 3.06. The van der Waals surface area contributed by atoms with Crippen LogP contribution in [0.15, 0.2) is 38.2 Å². The van der Waals surface area contributed by atoms with Crippen LogP contribution in [0, 0.1) is 0 Å². The Bertz CT molecular complexity index is 589. The van der Waals surface area contributed by atoms with Gasteiger partial charge in [-0.3, -0.25) is 0 Å². The normalized spacial score (nSPS) is 22.3. The minimum atomic E-state index is 0.166. The van der Waals surface area contributed by atoms with Gasteiger partial charge in [0.2, 0.25) is 5.89 Å². The number of thioether (sulfide) groups is 1. The molecule has 0 bridgehead atoms. The lowest BCUT2D eigenvalue weighted by molar-refractivity contribution is 0.342. The van der Waals surface area contributed by atoms with Crippen LogP contribution in [0.25, 0.3) is 0 Å². The fourth-order valence-electron chi connectivity index (χ4n) is 2.48. The van der Waals surface area contributed by atoms with Crippen LogP contribution in [0.2, 0.25) is 0 Å². The van der Waals surface area contributed by atoms with E-state index in [4.69, 9.17) is 10.3 Å². The predicted octanol–water partition coefficient (Wildman–Crippen LogP) is 3.72. The van der Waals surface area contributed by atoms with Crippen molar-refractivity contribution in [3.63, 3.8) is 0 Å². The highest BCUT2D eigenvalue weighted by atomic mass is 79.9. The predicted molar refractivity (Wildman–Crippen MR) is 82.6 cm³/mol. The lowest BCUT2D eigenvalue weighted by Crippen LogP contribution is -2.22. The summed E-state index contributed by atoms with van der Waals surface area (Å²) in [6.07, 6.45) is 3.25. The number of benzene rings is 1. The molecule has 2 unspecified atom stereocenters. The van der Waals surface area contributed by atoms with E-state index in [0.717, 1.165) is 29.6 Å². The summed E-state index contributed by atoms with van der Waals surface area (Å²) in [4.78, 5) is 5.67. The third-order valence-corrected chi connectivity index (χ3v) is 5.59. The largest absolute Gasteiger partial charge is 0.339 e. The van der Waals surface area contributed by atoms with Crippen LogP contribution in [0.4, 0.5) is 0 Å². The van der Waals surface area contributed by atoms with Gasteiger partial charge in [0.25, 0.3) is 0 Å².